The number of hydrogen-bond donors (Lipinski definition) is 1. The summed E-state index contributed by atoms with van der Waals surface area (Å²) in [6.45, 7) is 2.07. The summed E-state index contributed by atoms with van der Waals surface area (Å²) < 4.78 is 0. The minimum atomic E-state index is 0.991. The number of hydrazone groups is 1. The standard InChI is InChI=1S/C16H16N2/c1-14-9-11-16(12-10-14)18-17-13-5-8-15-6-3-2-4-7-15/h2-13,18H,1H3/b8-5+,17-13-. The van der Waals surface area contributed by atoms with Gasteiger partial charge in [0, 0.05) is 6.21 Å². The number of anilines is 1. The van der Waals surface area contributed by atoms with Crippen LogP contribution in [0.25, 0.3) is 6.08 Å². The lowest BCUT2D eigenvalue weighted by Crippen LogP contribution is -1.87. The zero-order chi connectivity index (χ0) is 12.6. The molecule has 0 aliphatic rings. The lowest BCUT2D eigenvalue weighted by atomic mass is 10.2. The fourth-order valence-electron chi connectivity index (χ4n) is 1.50. The van der Waals surface area contributed by atoms with Gasteiger partial charge in [-0.3, -0.25) is 5.43 Å². The lowest BCUT2D eigenvalue weighted by Gasteiger charge is -1.98. The lowest BCUT2D eigenvalue weighted by molar-refractivity contribution is 1.34. The van der Waals surface area contributed by atoms with Gasteiger partial charge in [-0.25, -0.2) is 0 Å². The molecule has 0 amide bonds. The van der Waals surface area contributed by atoms with E-state index in [1.54, 1.807) is 6.21 Å². The topological polar surface area (TPSA) is 24.4 Å². The second-order valence-corrected chi connectivity index (χ2v) is 4.03. The molecule has 0 aromatic heterocycles. The van der Waals surface area contributed by atoms with E-state index in [-0.39, 0.29) is 0 Å². The Kier molecular flexibility index (Phi) is 4.31. The van der Waals surface area contributed by atoms with Crippen LogP contribution in [0.2, 0.25) is 0 Å². The van der Waals surface area contributed by atoms with Crippen molar-refractivity contribution >= 4 is 18.0 Å². The van der Waals surface area contributed by atoms with E-state index < -0.39 is 0 Å². The molecule has 2 rings (SSSR count). The molecule has 0 spiro atoms. The van der Waals surface area contributed by atoms with Crippen LogP contribution < -0.4 is 5.43 Å². The Morgan fingerprint density at radius 1 is 0.944 bits per heavy atom. The van der Waals surface area contributed by atoms with Gasteiger partial charge in [0.15, 0.2) is 0 Å². The van der Waals surface area contributed by atoms with Gasteiger partial charge in [-0.15, -0.1) is 0 Å². The third kappa shape index (κ3) is 3.91. The number of benzene rings is 2. The van der Waals surface area contributed by atoms with Crippen LogP contribution in [-0.4, -0.2) is 6.21 Å². The molecule has 2 heteroatoms. The van der Waals surface area contributed by atoms with Crippen LogP contribution in [0.5, 0.6) is 0 Å². The highest BCUT2D eigenvalue weighted by Crippen LogP contribution is 2.07. The number of nitrogens with zero attached hydrogens (tertiary/aromatic N) is 1. The molecule has 2 aromatic carbocycles. The Labute approximate surface area is 108 Å². The summed E-state index contributed by atoms with van der Waals surface area (Å²) in [6.07, 6.45) is 5.67. The van der Waals surface area contributed by atoms with Crippen molar-refractivity contribution in [3.05, 3.63) is 71.8 Å². The molecule has 0 saturated heterocycles. The molecule has 0 saturated carbocycles. The van der Waals surface area contributed by atoms with Crippen molar-refractivity contribution in [3.63, 3.8) is 0 Å². The molecular formula is C16H16N2. The largest absolute Gasteiger partial charge is 0.279 e. The Morgan fingerprint density at radius 2 is 1.67 bits per heavy atom. The summed E-state index contributed by atoms with van der Waals surface area (Å²) in [5.74, 6) is 0. The van der Waals surface area contributed by atoms with Crippen LogP contribution >= 0.6 is 0 Å². The fraction of sp³-hybridized carbons (Fsp3) is 0.0625. The summed E-state index contributed by atoms with van der Waals surface area (Å²) in [5.41, 5.74) is 6.38. The van der Waals surface area contributed by atoms with E-state index >= 15 is 0 Å². The predicted molar refractivity (Wildman–Crippen MR) is 78.8 cm³/mol. The summed E-state index contributed by atoms with van der Waals surface area (Å²) >= 11 is 0. The van der Waals surface area contributed by atoms with E-state index in [0.29, 0.717) is 0 Å². The molecule has 2 nitrogen and oxygen atoms in total. The summed E-state index contributed by atoms with van der Waals surface area (Å²) in [4.78, 5) is 0. The minimum Gasteiger partial charge on any atom is -0.279 e. The molecule has 0 fully saturated rings. The Morgan fingerprint density at radius 3 is 2.39 bits per heavy atom. The van der Waals surface area contributed by atoms with Crippen molar-refractivity contribution in [3.8, 4) is 0 Å². The second-order valence-electron chi connectivity index (χ2n) is 4.03. The smallest absolute Gasteiger partial charge is 0.0561 e. The highest BCUT2D eigenvalue weighted by Gasteiger charge is 1.86. The SMILES string of the molecule is Cc1ccc(N/N=C\C=C\c2ccccc2)cc1. The van der Waals surface area contributed by atoms with Crippen molar-refractivity contribution in [1.82, 2.24) is 0 Å². The van der Waals surface area contributed by atoms with Gasteiger partial charge in [-0.05, 0) is 30.7 Å². The number of aryl methyl sites for hydroxylation is 1. The number of rotatable bonds is 4. The van der Waals surface area contributed by atoms with Crippen molar-refractivity contribution in [1.29, 1.82) is 0 Å². The first-order valence-corrected chi connectivity index (χ1v) is 5.92. The first-order chi connectivity index (χ1) is 8.84. The van der Waals surface area contributed by atoms with Gasteiger partial charge in [0.25, 0.3) is 0 Å². The third-order valence-electron chi connectivity index (χ3n) is 2.49. The average molecular weight is 236 g/mol. The maximum absolute atomic E-state index is 4.12. The average Bonchev–Trinajstić information content (AvgIpc) is 2.42. The van der Waals surface area contributed by atoms with Crippen LogP contribution in [-0.2, 0) is 0 Å². The van der Waals surface area contributed by atoms with Crippen LogP contribution in [0.15, 0.2) is 65.8 Å². The molecule has 18 heavy (non-hydrogen) atoms. The molecule has 0 heterocycles. The maximum atomic E-state index is 4.12. The molecular weight excluding hydrogens is 220 g/mol. The monoisotopic (exact) mass is 236 g/mol. The normalized spacial score (nSPS) is 11.2. The fourth-order valence-corrected chi connectivity index (χ4v) is 1.50. The third-order valence-corrected chi connectivity index (χ3v) is 2.49. The Hall–Kier alpha value is -2.35. The van der Waals surface area contributed by atoms with Gasteiger partial charge in [0.05, 0.1) is 5.69 Å². The van der Waals surface area contributed by atoms with Crippen LogP contribution in [0.3, 0.4) is 0 Å². The van der Waals surface area contributed by atoms with Crippen LogP contribution in [0.4, 0.5) is 5.69 Å². The molecule has 90 valence electrons. The zero-order valence-corrected chi connectivity index (χ0v) is 10.4. The number of allylic oxidation sites excluding steroid dienone is 1. The van der Waals surface area contributed by atoms with Crippen molar-refractivity contribution < 1.29 is 0 Å². The first-order valence-electron chi connectivity index (χ1n) is 5.92. The quantitative estimate of drug-likeness (QED) is 0.627. The molecule has 0 radical (unpaired) electrons. The van der Waals surface area contributed by atoms with Crippen molar-refractivity contribution in [2.75, 3.05) is 5.43 Å². The van der Waals surface area contributed by atoms with E-state index in [0.717, 1.165) is 5.69 Å². The van der Waals surface area contributed by atoms with E-state index in [9.17, 15) is 0 Å². The van der Waals surface area contributed by atoms with Gasteiger partial charge < -0.3 is 0 Å². The van der Waals surface area contributed by atoms with Crippen LogP contribution in [0.1, 0.15) is 11.1 Å². The second kappa shape index (κ2) is 6.40. The molecule has 0 atom stereocenters. The molecule has 0 bridgehead atoms. The maximum Gasteiger partial charge on any atom is 0.0561 e. The van der Waals surface area contributed by atoms with E-state index in [4.69, 9.17) is 0 Å². The molecule has 1 N–H and O–H groups in total. The predicted octanol–water partition coefficient (Wildman–Crippen LogP) is 4.11. The zero-order valence-electron chi connectivity index (χ0n) is 10.4. The van der Waals surface area contributed by atoms with Gasteiger partial charge >= 0.3 is 0 Å². The highest BCUT2D eigenvalue weighted by atomic mass is 15.3. The van der Waals surface area contributed by atoms with E-state index in [1.807, 2.05) is 42.5 Å². The van der Waals surface area contributed by atoms with Gasteiger partial charge in [-0.1, -0.05) is 54.1 Å². The van der Waals surface area contributed by atoms with Gasteiger partial charge in [0.1, 0.15) is 0 Å². The molecule has 0 unspecified atom stereocenters. The molecule has 2 aromatic rings. The Balaban J connectivity index is 1.85. The number of nitrogens with one attached hydrogen (secondary N) is 1. The highest BCUT2D eigenvalue weighted by molar-refractivity contribution is 5.78. The van der Waals surface area contributed by atoms with E-state index in [1.165, 1.54) is 11.1 Å². The summed E-state index contributed by atoms with van der Waals surface area (Å²) in [5, 5.41) is 4.12. The van der Waals surface area contributed by atoms with Gasteiger partial charge in [0.2, 0.25) is 0 Å². The minimum absolute atomic E-state index is 0.991. The Bertz CT molecular complexity index is 525. The first kappa shape index (κ1) is 12.1. The molecule has 0 aliphatic carbocycles. The number of hydrogen-bond acceptors (Lipinski definition) is 2. The summed E-state index contributed by atoms with van der Waals surface area (Å²) in [7, 11) is 0. The van der Waals surface area contributed by atoms with Crippen LogP contribution in [0, 0.1) is 6.92 Å². The van der Waals surface area contributed by atoms with Crippen molar-refractivity contribution in [2.24, 2.45) is 5.10 Å². The summed E-state index contributed by atoms with van der Waals surface area (Å²) in [6, 6.07) is 18.3. The van der Waals surface area contributed by atoms with Crippen molar-refractivity contribution in [2.45, 2.75) is 6.92 Å². The van der Waals surface area contributed by atoms with E-state index in [2.05, 4.69) is 41.7 Å². The molecule has 0 aliphatic heterocycles. The van der Waals surface area contributed by atoms with Gasteiger partial charge in [-0.2, -0.15) is 5.10 Å².